The first-order valence-electron chi connectivity index (χ1n) is 15.7. The van der Waals surface area contributed by atoms with E-state index >= 15 is 0 Å². The van der Waals surface area contributed by atoms with Crippen molar-refractivity contribution in [3.05, 3.63) is 89.5 Å². The molecule has 1 atom stereocenters. The average Bonchev–Trinajstić information content (AvgIpc) is 3.53. The number of sulfonamides is 1. The van der Waals surface area contributed by atoms with E-state index in [0.717, 1.165) is 48.6 Å². The third kappa shape index (κ3) is 8.78. The number of carbonyl (C=O) groups is 2. The number of nitrogens with one attached hydrogen (secondary N) is 1. The molecular weight excluding hydrogens is 590 g/mol. The Morgan fingerprint density at radius 3 is 2.33 bits per heavy atom. The largest absolute Gasteiger partial charge is 0.486 e. The van der Waals surface area contributed by atoms with Crippen LogP contribution in [0.2, 0.25) is 0 Å². The predicted molar refractivity (Wildman–Crippen MR) is 175 cm³/mol. The van der Waals surface area contributed by atoms with Gasteiger partial charge >= 0.3 is 0 Å². The molecule has 240 valence electrons. The monoisotopic (exact) mass is 633 g/mol. The van der Waals surface area contributed by atoms with E-state index in [1.54, 1.807) is 23.1 Å². The van der Waals surface area contributed by atoms with E-state index in [4.69, 9.17) is 9.47 Å². The third-order valence-corrected chi connectivity index (χ3v) is 9.57. The first kappa shape index (κ1) is 32.3. The fraction of sp³-hybridized carbons (Fsp3) is 0.429. The van der Waals surface area contributed by atoms with Crippen molar-refractivity contribution in [3.8, 4) is 11.5 Å². The highest BCUT2D eigenvalue weighted by Gasteiger charge is 2.32. The van der Waals surface area contributed by atoms with Gasteiger partial charge in [-0.2, -0.15) is 0 Å². The van der Waals surface area contributed by atoms with Crippen molar-refractivity contribution in [1.82, 2.24) is 10.2 Å². The normalized spacial score (nSPS) is 15.3. The van der Waals surface area contributed by atoms with E-state index in [0.29, 0.717) is 36.8 Å². The van der Waals surface area contributed by atoms with Crippen LogP contribution in [0.1, 0.15) is 55.2 Å². The van der Waals surface area contributed by atoms with E-state index in [2.05, 4.69) is 5.32 Å². The zero-order valence-corrected chi connectivity index (χ0v) is 26.9. The molecule has 1 saturated carbocycles. The highest BCUT2D eigenvalue weighted by atomic mass is 32.2. The Bertz CT molecular complexity index is 1570. The Morgan fingerprint density at radius 2 is 1.62 bits per heavy atom. The molecule has 1 fully saturated rings. The number of nitrogens with zero attached hydrogens (tertiary/aromatic N) is 2. The minimum atomic E-state index is -3.65. The molecule has 3 aromatic rings. The van der Waals surface area contributed by atoms with Crippen LogP contribution in [-0.2, 0) is 32.6 Å². The Morgan fingerprint density at radius 1 is 0.911 bits per heavy atom. The van der Waals surface area contributed by atoms with Crippen molar-refractivity contribution >= 4 is 27.5 Å². The first-order valence-corrected chi connectivity index (χ1v) is 17.6. The van der Waals surface area contributed by atoms with Crippen molar-refractivity contribution < 1.29 is 27.5 Å². The van der Waals surface area contributed by atoms with Crippen LogP contribution >= 0.6 is 0 Å². The molecule has 1 N–H and O–H groups in total. The zero-order valence-electron chi connectivity index (χ0n) is 26.1. The Kier molecular flexibility index (Phi) is 10.7. The summed E-state index contributed by atoms with van der Waals surface area (Å²) in [5.74, 6) is 0.709. The number of carbonyl (C=O) groups excluding carboxylic acids is 2. The Hall–Kier alpha value is -4.05. The van der Waals surface area contributed by atoms with Gasteiger partial charge in [-0.3, -0.25) is 13.9 Å². The summed E-state index contributed by atoms with van der Waals surface area (Å²) in [6, 6.07) is 22.1. The number of hydrogen-bond donors (Lipinski definition) is 1. The maximum Gasteiger partial charge on any atom is 0.243 e. The van der Waals surface area contributed by atoms with Crippen molar-refractivity contribution in [2.24, 2.45) is 0 Å². The van der Waals surface area contributed by atoms with Crippen molar-refractivity contribution in [1.29, 1.82) is 0 Å². The molecule has 2 aliphatic rings. The van der Waals surface area contributed by atoms with E-state index < -0.39 is 16.1 Å². The molecule has 2 amide bonds. The van der Waals surface area contributed by atoms with Gasteiger partial charge in [-0.25, -0.2) is 8.42 Å². The van der Waals surface area contributed by atoms with Gasteiger partial charge in [0, 0.05) is 38.0 Å². The number of aryl methyl sites for hydroxylation is 1. The Labute approximate surface area is 266 Å². The molecule has 0 radical (unpaired) electrons. The van der Waals surface area contributed by atoms with Crippen LogP contribution in [0.4, 0.5) is 5.69 Å². The van der Waals surface area contributed by atoms with E-state index in [1.165, 1.54) is 4.31 Å². The molecule has 1 aliphatic heterocycles. The lowest BCUT2D eigenvalue weighted by Crippen LogP contribution is -2.52. The molecule has 0 aromatic heterocycles. The molecule has 10 heteroatoms. The standard InChI is InChI=1S/C35H43N3O6S/c1-26-10-8-13-28(22-26)25-37(31(23-27-11-4-3-5-12-27)35(40)36-29-14-6-7-15-29)34(39)16-9-19-38(45(2,41)42)30-17-18-32-33(24-30)44-21-20-43-32/h3-5,8,10-13,17-18,22,24,29,31H,6-7,9,14-16,19-21,23,25H2,1-2H3,(H,36,40)/t31-/m0/s1. The summed E-state index contributed by atoms with van der Waals surface area (Å²) in [6.07, 6.45) is 5.92. The van der Waals surface area contributed by atoms with Crippen LogP contribution in [-0.4, -0.2) is 63.2 Å². The van der Waals surface area contributed by atoms with Gasteiger partial charge in [-0.15, -0.1) is 0 Å². The predicted octanol–water partition coefficient (Wildman–Crippen LogP) is 5.01. The zero-order chi connectivity index (χ0) is 31.8. The summed E-state index contributed by atoms with van der Waals surface area (Å²) < 4.78 is 38.3. The smallest absolute Gasteiger partial charge is 0.243 e. The number of rotatable bonds is 13. The lowest BCUT2D eigenvalue weighted by molar-refractivity contribution is -0.141. The summed E-state index contributed by atoms with van der Waals surface area (Å²) in [5.41, 5.74) is 3.42. The van der Waals surface area contributed by atoms with Crippen LogP contribution in [0.3, 0.4) is 0 Å². The lowest BCUT2D eigenvalue weighted by atomic mass is 10.0. The quantitative estimate of drug-likeness (QED) is 0.284. The van der Waals surface area contributed by atoms with Crippen molar-refractivity contribution in [2.45, 2.75) is 70.5 Å². The summed E-state index contributed by atoms with van der Waals surface area (Å²) in [5, 5.41) is 3.23. The Balaban J connectivity index is 1.37. The highest BCUT2D eigenvalue weighted by Crippen LogP contribution is 2.35. The molecule has 0 bridgehead atoms. The summed E-state index contributed by atoms with van der Waals surface area (Å²) in [7, 11) is -3.65. The molecule has 1 heterocycles. The minimum Gasteiger partial charge on any atom is -0.486 e. The SMILES string of the molecule is Cc1cccc(CN(C(=O)CCCN(c2ccc3c(c2)OCCO3)S(C)(=O)=O)[C@@H](Cc2ccccc2)C(=O)NC2CCCC2)c1. The average molecular weight is 634 g/mol. The third-order valence-electron chi connectivity index (χ3n) is 8.37. The second-order valence-corrected chi connectivity index (χ2v) is 13.9. The van der Waals surface area contributed by atoms with Crippen molar-refractivity contribution in [3.63, 3.8) is 0 Å². The van der Waals surface area contributed by atoms with Gasteiger partial charge in [-0.05, 0) is 49.4 Å². The van der Waals surface area contributed by atoms with Gasteiger partial charge in [0.2, 0.25) is 21.8 Å². The molecule has 45 heavy (non-hydrogen) atoms. The summed E-state index contributed by atoms with van der Waals surface area (Å²) >= 11 is 0. The number of hydrogen-bond acceptors (Lipinski definition) is 6. The number of fused-ring (bicyclic) bond motifs is 1. The van der Waals surface area contributed by atoms with Gasteiger partial charge in [-0.1, -0.05) is 73.0 Å². The van der Waals surface area contributed by atoms with Crippen LogP contribution in [0.15, 0.2) is 72.8 Å². The van der Waals surface area contributed by atoms with E-state index in [9.17, 15) is 18.0 Å². The fourth-order valence-electron chi connectivity index (χ4n) is 6.12. The molecular formula is C35H43N3O6S. The molecule has 9 nitrogen and oxygen atoms in total. The van der Waals surface area contributed by atoms with Crippen LogP contribution in [0.25, 0.3) is 0 Å². The number of ether oxygens (including phenoxy) is 2. The summed E-state index contributed by atoms with van der Waals surface area (Å²) in [6.45, 7) is 3.20. The second-order valence-electron chi connectivity index (χ2n) is 12.0. The topological polar surface area (TPSA) is 105 Å². The van der Waals surface area contributed by atoms with E-state index in [-0.39, 0.29) is 43.8 Å². The fourth-order valence-corrected chi connectivity index (χ4v) is 7.08. The van der Waals surface area contributed by atoms with Gasteiger partial charge in [0.05, 0.1) is 11.9 Å². The molecule has 0 saturated heterocycles. The summed E-state index contributed by atoms with van der Waals surface area (Å²) in [4.78, 5) is 29.7. The second kappa shape index (κ2) is 14.8. The first-order chi connectivity index (χ1) is 21.7. The van der Waals surface area contributed by atoms with Crippen LogP contribution in [0.5, 0.6) is 11.5 Å². The van der Waals surface area contributed by atoms with E-state index in [1.807, 2.05) is 61.5 Å². The van der Waals surface area contributed by atoms with Gasteiger partial charge in [0.15, 0.2) is 11.5 Å². The van der Waals surface area contributed by atoms with Crippen LogP contribution in [0, 0.1) is 6.92 Å². The van der Waals surface area contributed by atoms with Gasteiger partial charge < -0.3 is 19.7 Å². The number of anilines is 1. The van der Waals surface area contributed by atoms with Crippen LogP contribution < -0.4 is 19.1 Å². The highest BCUT2D eigenvalue weighted by molar-refractivity contribution is 7.92. The minimum absolute atomic E-state index is 0.0738. The molecule has 5 rings (SSSR count). The maximum atomic E-state index is 14.1. The number of benzene rings is 3. The molecule has 1 aliphatic carbocycles. The van der Waals surface area contributed by atoms with Gasteiger partial charge in [0.1, 0.15) is 19.3 Å². The maximum absolute atomic E-state index is 14.1. The molecule has 3 aromatic carbocycles. The van der Waals surface area contributed by atoms with Crippen molar-refractivity contribution in [2.75, 3.05) is 30.3 Å². The lowest BCUT2D eigenvalue weighted by Gasteiger charge is -2.33. The number of amides is 2. The molecule has 0 spiro atoms. The molecule has 0 unspecified atom stereocenters. The van der Waals surface area contributed by atoms with Gasteiger partial charge in [0.25, 0.3) is 0 Å².